The smallest absolute Gasteiger partial charge is 0.211 e. The van der Waals surface area contributed by atoms with E-state index in [-0.39, 0.29) is 42.5 Å². The van der Waals surface area contributed by atoms with Crippen molar-refractivity contribution in [3.05, 3.63) is 64.7 Å². The van der Waals surface area contributed by atoms with Crippen molar-refractivity contribution in [3.8, 4) is 0 Å². The fraction of sp³-hybridized carbons (Fsp3) is 0.235. The van der Waals surface area contributed by atoms with Crippen LogP contribution < -0.4 is 11.5 Å². The third kappa shape index (κ3) is 4.46. The quantitative estimate of drug-likeness (QED) is 0.474. The molecule has 0 spiro atoms. The summed E-state index contributed by atoms with van der Waals surface area (Å²) in [6.07, 6.45) is 2.99. The summed E-state index contributed by atoms with van der Waals surface area (Å²) in [4.78, 5) is 4.45. The minimum absolute atomic E-state index is 0. The molecule has 0 saturated heterocycles. The van der Waals surface area contributed by atoms with Gasteiger partial charge in [0.15, 0.2) is 0 Å². The van der Waals surface area contributed by atoms with Crippen molar-refractivity contribution in [2.45, 2.75) is 25.7 Å². The zero-order valence-corrected chi connectivity index (χ0v) is 15.3. The Balaban J connectivity index is 0.00000156. The standard InChI is InChI=1S/C17H18FN5.2ClH/c1-10-6-7-21-14-8-11(12-4-2-3-5-13(12)18)9-15(16(10)14)22-23-17(19)20;;/h2-7,11H,8-9H2,1H3,(H4,19,20,23);2*1H/b22-15+;;. The Labute approximate surface area is 158 Å². The third-order valence-electron chi connectivity index (χ3n) is 4.04. The number of pyridine rings is 1. The summed E-state index contributed by atoms with van der Waals surface area (Å²) in [6, 6.07) is 8.73. The zero-order chi connectivity index (χ0) is 16.4. The van der Waals surface area contributed by atoms with Crippen LogP contribution in [0.5, 0.6) is 0 Å². The van der Waals surface area contributed by atoms with Crippen LogP contribution in [0.15, 0.2) is 46.7 Å². The summed E-state index contributed by atoms with van der Waals surface area (Å²) in [7, 11) is 0. The van der Waals surface area contributed by atoms with Gasteiger partial charge in [-0.15, -0.1) is 29.9 Å². The number of aryl methyl sites for hydroxylation is 1. The molecule has 1 unspecified atom stereocenters. The van der Waals surface area contributed by atoms with Crippen molar-refractivity contribution in [2.75, 3.05) is 0 Å². The Morgan fingerprint density at radius 2 is 1.88 bits per heavy atom. The van der Waals surface area contributed by atoms with E-state index < -0.39 is 0 Å². The van der Waals surface area contributed by atoms with Gasteiger partial charge >= 0.3 is 0 Å². The second-order valence-corrected chi connectivity index (χ2v) is 5.65. The van der Waals surface area contributed by atoms with Gasteiger partial charge in [-0.2, -0.15) is 5.10 Å². The molecule has 0 saturated carbocycles. The Kier molecular flexibility index (Phi) is 7.33. The lowest BCUT2D eigenvalue weighted by Crippen LogP contribution is -2.24. The maximum atomic E-state index is 14.1. The highest BCUT2D eigenvalue weighted by Crippen LogP contribution is 2.34. The van der Waals surface area contributed by atoms with E-state index in [9.17, 15) is 4.39 Å². The monoisotopic (exact) mass is 383 g/mol. The van der Waals surface area contributed by atoms with E-state index in [0.29, 0.717) is 18.4 Å². The average molecular weight is 384 g/mol. The van der Waals surface area contributed by atoms with Crippen molar-refractivity contribution in [1.29, 1.82) is 0 Å². The number of nitrogens with zero attached hydrogens (tertiary/aromatic N) is 3. The predicted molar refractivity (Wildman–Crippen MR) is 103 cm³/mol. The van der Waals surface area contributed by atoms with Gasteiger partial charge in [0.25, 0.3) is 0 Å². The number of rotatable bonds is 2. The van der Waals surface area contributed by atoms with Crippen molar-refractivity contribution in [1.82, 2.24) is 4.98 Å². The molecule has 1 aromatic heterocycles. The maximum absolute atomic E-state index is 14.1. The molecule has 5 nitrogen and oxygen atoms in total. The van der Waals surface area contributed by atoms with Gasteiger partial charge in [-0.1, -0.05) is 18.2 Å². The topological polar surface area (TPSA) is 89.6 Å². The summed E-state index contributed by atoms with van der Waals surface area (Å²) >= 11 is 0. The highest BCUT2D eigenvalue weighted by atomic mass is 35.5. The molecule has 4 N–H and O–H groups in total. The van der Waals surface area contributed by atoms with Crippen LogP contribution in [0.25, 0.3) is 0 Å². The predicted octanol–water partition coefficient (Wildman–Crippen LogP) is 3.08. The van der Waals surface area contributed by atoms with Crippen LogP contribution >= 0.6 is 24.8 Å². The second kappa shape index (κ2) is 8.78. The maximum Gasteiger partial charge on any atom is 0.211 e. The number of nitrogens with two attached hydrogens (primary N) is 2. The molecule has 1 aliphatic carbocycles. The van der Waals surface area contributed by atoms with Crippen LogP contribution in [-0.2, 0) is 6.42 Å². The number of halogens is 3. The van der Waals surface area contributed by atoms with Crippen molar-refractivity contribution < 1.29 is 4.39 Å². The molecule has 0 bridgehead atoms. The number of aromatic nitrogens is 1. The molecule has 3 rings (SSSR count). The van der Waals surface area contributed by atoms with E-state index in [0.717, 1.165) is 22.5 Å². The van der Waals surface area contributed by atoms with E-state index in [2.05, 4.69) is 15.2 Å². The fourth-order valence-electron chi connectivity index (χ4n) is 3.04. The van der Waals surface area contributed by atoms with Crippen LogP contribution in [0.4, 0.5) is 4.39 Å². The van der Waals surface area contributed by atoms with Crippen LogP contribution in [0, 0.1) is 12.7 Å². The SMILES string of the molecule is Cc1ccnc2c1/C(=N/N=C(N)N)CC(c1ccccc1F)C2.Cl.Cl. The molecule has 1 aliphatic rings. The van der Waals surface area contributed by atoms with Gasteiger partial charge in [0.2, 0.25) is 5.96 Å². The third-order valence-corrected chi connectivity index (χ3v) is 4.04. The first-order chi connectivity index (χ1) is 11.1. The van der Waals surface area contributed by atoms with E-state index in [1.165, 1.54) is 6.07 Å². The van der Waals surface area contributed by atoms with E-state index in [1.807, 2.05) is 19.1 Å². The normalized spacial score (nSPS) is 17.0. The molecule has 25 heavy (non-hydrogen) atoms. The summed E-state index contributed by atoms with van der Waals surface area (Å²) in [5, 5.41) is 7.96. The van der Waals surface area contributed by atoms with Gasteiger partial charge in [-0.05, 0) is 48.9 Å². The summed E-state index contributed by atoms with van der Waals surface area (Å²) < 4.78 is 14.1. The van der Waals surface area contributed by atoms with E-state index in [4.69, 9.17) is 11.5 Å². The Morgan fingerprint density at radius 1 is 1.16 bits per heavy atom. The molecule has 0 amide bonds. The number of hydrogen-bond donors (Lipinski definition) is 2. The molecule has 1 atom stereocenters. The molecule has 8 heteroatoms. The van der Waals surface area contributed by atoms with Gasteiger partial charge in [0.1, 0.15) is 5.82 Å². The summed E-state index contributed by atoms with van der Waals surface area (Å²) in [6.45, 7) is 2.00. The first kappa shape index (κ1) is 20.9. The number of benzene rings is 1. The van der Waals surface area contributed by atoms with Crippen LogP contribution in [0.2, 0.25) is 0 Å². The minimum atomic E-state index is -0.213. The van der Waals surface area contributed by atoms with Gasteiger partial charge in [0, 0.05) is 11.8 Å². The Morgan fingerprint density at radius 3 is 2.56 bits per heavy atom. The average Bonchev–Trinajstić information content (AvgIpc) is 2.53. The van der Waals surface area contributed by atoms with Crippen LogP contribution in [0.1, 0.15) is 34.7 Å². The summed E-state index contributed by atoms with van der Waals surface area (Å²) in [5.41, 5.74) is 15.1. The fourth-order valence-corrected chi connectivity index (χ4v) is 3.04. The number of hydrogen-bond acceptors (Lipinski definition) is 3. The highest BCUT2D eigenvalue weighted by Gasteiger charge is 2.28. The molecule has 0 radical (unpaired) electrons. The molecule has 1 aromatic carbocycles. The largest absolute Gasteiger partial charge is 0.369 e. The first-order valence-corrected chi connectivity index (χ1v) is 7.41. The second-order valence-electron chi connectivity index (χ2n) is 5.65. The Bertz CT molecular complexity index is 803. The van der Waals surface area contributed by atoms with E-state index in [1.54, 1.807) is 18.3 Å². The zero-order valence-electron chi connectivity index (χ0n) is 13.6. The van der Waals surface area contributed by atoms with E-state index >= 15 is 0 Å². The van der Waals surface area contributed by atoms with Crippen molar-refractivity contribution >= 4 is 36.5 Å². The highest BCUT2D eigenvalue weighted by molar-refractivity contribution is 6.04. The lowest BCUT2D eigenvalue weighted by molar-refractivity contribution is 0.572. The molecule has 0 aliphatic heterocycles. The van der Waals surface area contributed by atoms with Gasteiger partial charge in [0.05, 0.1) is 11.4 Å². The van der Waals surface area contributed by atoms with Gasteiger partial charge in [-0.3, -0.25) is 4.98 Å². The summed E-state index contributed by atoms with van der Waals surface area (Å²) in [5.74, 6) is -0.352. The van der Waals surface area contributed by atoms with Gasteiger partial charge in [-0.25, -0.2) is 4.39 Å². The molecule has 134 valence electrons. The van der Waals surface area contributed by atoms with Gasteiger partial charge < -0.3 is 11.5 Å². The minimum Gasteiger partial charge on any atom is -0.369 e. The molecule has 2 aromatic rings. The lowest BCUT2D eigenvalue weighted by atomic mass is 9.80. The molecule has 0 fully saturated rings. The molecular formula is C17H20Cl2FN5. The Hall–Kier alpha value is -2.18. The van der Waals surface area contributed by atoms with Crippen LogP contribution in [0.3, 0.4) is 0 Å². The van der Waals surface area contributed by atoms with Crippen molar-refractivity contribution in [2.24, 2.45) is 21.7 Å². The number of guanidine groups is 1. The molecular weight excluding hydrogens is 364 g/mol. The lowest BCUT2D eigenvalue weighted by Gasteiger charge is -2.26. The number of fused-ring (bicyclic) bond motifs is 1. The van der Waals surface area contributed by atoms with Crippen molar-refractivity contribution in [3.63, 3.8) is 0 Å². The van der Waals surface area contributed by atoms with Crippen LogP contribution in [-0.4, -0.2) is 16.7 Å². The first-order valence-electron chi connectivity index (χ1n) is 7.41. The molecule has 1 heterocycles.